The van der Waals surface area contributed by atoms with E-state index in [1.165, 1.54) is 0 Å². The molecule has 0 amide bonds. The predicted octanol–water partition coefficient (Wildman–Crippen LogP) is 2.39. The summed E-state index contributed by atoms with van der Waals surface area (Å²) in [6.07, 6.45) is 2.26. The van der Waals surface area contributed by atoms with Crippen molar-refractivity contribution in [2.45, 2.75) is 6.42 Å². The van der Waals surface area contributed by atoms with Gasteiger partial charge in [-0.3, -0.25) is 5.10 Å². The maximum Gasteiger partial charge on any atom is 0.181 e. The number of hydrogen-bond donors (Lipinski definition) is 2. The Hall–Kier alpha value is -3.20. The lowest BCUT2D eigenvalue weighted by molar-refractivity contribution is 0.897. The van der Waals surface area contributed by atoms with Crippen molar-refractivity contribution in [3.05, 3.63) is 60.0 Å². The summed E-state index contributed by atoms with van der Waals surface area (Å²) in [5.41, 5.74) is 1.54. The first kappa shape index (κ1) is 13.8. The number of rotatable bonds is 5. The first-order valence-electron chi connectivity index (χ1n) is 6.92. The lowest BCUT2D eigenvalue weighted by Gasteiger charge is -2.03. The molecule has 2 N–H and O–H groups in total. The number of aromatic amines is 1. The molecule has 0 saturated carbocycles. The summed E-state index contributed by atoms with van der Waals surface area (Å²) < 4.78 is 0. The van der Waals surface area contributed by atoms with Crippen molar-refractivity contribution < 1.29 is 0 Å². The van der Waals surface area contributed by atoms with Crippen LogP contribution in [0.15, 0.2) is 48.7 Å². The van der Waals surface area contributed by atoms with E-state index >= 15 is 0 Å². The van der Waals surface area contributed by atoms with E-state index in [1.807, 2.05) is 36.4 Å². The second-order valence-corrected chi connectivity index (χ2v) is 4.69. The Balaban J connectivity index is 1.56. The zero-order chi connectivity index (χ0) is 15.2. The highest BCUT2D eigenvalue weighted by atomic mass is 15.2. The molecule has 0 atom stereocenters. The fourth-order valence-corrected chi connectivity index (χ4v) is 2.00. The Bertz CT molecular complexity index is 770. The summed E-state index contributed by atoms with van der Waals surface area (Å²) in [5, 5.41) is 19.1. The Morgan fingerprint density at radius 1 is 1.14 bits per heavy atom. The van der Waals surface area contributed by atoms with Crippen LogP contribution >= 0.6 is 0 Å². The highest BCUT2D eigenvalue weighted by Crippen LogP contribution is 2.13. The summed E-state index contributed by atoms with van der Waals surface area (Å²) in [5.74, 6) is 2.26. The molecule has 1 aromatic carbocycles. The van der Waals surface area contributed by atoms with Crippen LogP contribution < -0.4 is 5.32 Å². The number of H-pyrrole nitrogens is 1. The maximum absolute atomic E-state index is 8.72. The molecule has 0 radical (unpaired) electrons. The smallest absolute Gasteiger partial charge is 0.181 e. The van der Waals surface area contributed by atoms with Gasteiger partial charge in [-0.2, -0.15) is 10.4 Å². The van der Waals surface area contributed by atoms with Gasteiger partial charge in [-0.15, -0.1) is 0 Å². The first-order chi connectivity index (χ1) is 10.8. The monoisotopic (exact) mass is 290 g/mol. The minimum Gasteiger partial charge on any atom is -0.370 e. The van der Waals surface area contributed by atoms with Gasteiger partial charge in [-0.25, -0.2) is 9.97 Å². The largest absolute Gasteiger partial charge is 0.370 e. The average Bonchev–Trinajstić information content (AvgIpc) is 3.05. The second-order valence-electron chi connectivity index (χ2n) is 4.69. The van der Waals surface area contributed by atoms with Crippen LogP contribution in [-0.4, -0.2) is 26.7 Å². The van der Waals surface area contributed by atoms with E-state index in [-0.39, 0.29) is 0 Å². The van der Waals surface area contributed by atoms with Crippen molar-refractivity contribution in [2.24, 2.45) is 0 Å². The van der Waals surface area contributed by atoms with Crippen LogP contribution in [0.1, 0.15) is 11.4 Å². The summed E-state index contributed by atoms with van der Waals surface area (Å²) in [7, 11) is 0. The summed E-state index contributed by atoms with van der Waals surface area (Å²) >= 11 is 0. The van der Waals surface area contributed by atoms with E-state index in [9.17, 15) is 0 Å². The quantitative estimate of drug-likeness (QED) is 0.753. The van der Waals surface area contributed by atoms with Crippen molar-refractivity contribution >= 4 is 5.82 Å². The number of nitriles is 1. The molecule has 108 valence electrons. The van der Waals surface area contributed by atoms with Crippen LogP contribution in [0.5, 0.6) is 0 Å². The van der Waals surface area contributed by atoms with Crippen LogP contribution in [-0.2, 0) is 6.42 Å². The minimum absolute atomic E-state index is 0.549. The van der Waals surface area contributed by atoms with Gasteiger partial charge < -0.3 is 5.32 Å². The predicted molar refractivity (Wildman–Crippen MR) is 83.0 cm³/mol. The van der Waals surface area contributed by atoms with Crippen molar-refractivity contribution in [2.75, 3.05) is 11.9 Å². The molecular formula is C16H14N6. The second kappa shape index (κ2) is 6.50. The van der Waals surface area contributed by atoms with Crippen molar-refractivity contribution in [3.8, 4) is 17.5 Å². The Morgan fingerprint density at radius 2 is 2.00 bits per heavy atom. The fraction of sp³-hybridized carbons (Fsp3) is 0.125. The highest BCUT2D eigenvalue weighted by Gasteiger charge is 2.05. The first-order valence-corrected chi connectivity index (χ1v) is 6.92. The topological polar surface area (TPSA) is 90.3 Å². The minimum atomic E-state index is 0.549. The van der Waals surface area contributed by atoms with Gasteiger partial charge in [0.15, 0.2) is 5.82 Å². The molecule has 3 rings (SSSR count). The van der Waals surface area contributed by atoms with Gasteiger partial charge in [0.2, 0.25) is 0 Å². The van der Waals surface area contributed by atoms with Crippen LogP contribution in [0.25, 0.3) is 11.4 Å². The van der Waals surface area contributed by atoms with Gasteiger partial charge >= 0.3 is 0 Å². The molecular weight excluding hydrogens is 276 g/mol. The van der Waals surface area contributed by atoms with Gasteiger partial charge in [0.25, 0.3) is 0 Å². The third-order valence-corrected chi connectivity index (χ3v) is 3.12. The number of nitrogens with one attached hydrogen (secondary N) is 2. The zero-order valence-electron chi connectivity index (χ0n) is 11.8. The van der Waals surface area contributed by atoms with Crippen LogP contribution in [0.2, 0.25) is 0 Å². The van der Waals surface area contributed by atoms with E-state index in [1.54, 1.807) is 18.3 Å². The number of aromatic nitrogens is 4. The molecule has 3 aromatic rings. The number of hydrogen-bond acceptors (Lipinski definition) is 5. The van der Waals surface area contributed by atoms with Gasteiger partial charge in [0.05, 0.1) is 5.56 Å². The molecule has 6 heteroatoms. The molecule has 2 heterocycles. The molecule has 6 nitrogen and oxygen atoms in total. The van der Waals surface area contributed by atoms with Gasteiger partial charge in [-0.1, -0.05) is 30.3 Å². The molecule has 0 fully saturated rings. The summed E-state index contributed by atoms with van der Waals surface area (Å²) in [6.45, 7) is 0.683. The van der Waals surface area contributed by atoms with E-state index in [0.29, 0.717) is 24.4 Å². The molecule has 0 saturated heterocycles. The molecule has 0 spiro atoms. The van der Waals surface area contributed by atoms with E-state index in [2.05, 4.69) is 25.5 Å². The van der Waals surface area contributed by atoms with E-state index < -0.39 is 0 Å². The average molecular weight is 290 g/mol. The van der Waals surface area contributed by atoms with Crippen LogP contribution in [0.3, 0.4) is 0 Å². The number of pyridine rings is 1. The van der Waals surface area contributed by atoms with Gasteiger partial charge in [0.1, 0.15) is 17.7 Å². The molecule has 2 aromatic heterocycles. The Labute approximate surface area is 127 Å². The van der Waals surface area contributed by atoms with Crippen LogP contribution in [0, 0.1) is 11.3 Å². The highest BCUT2D eigenvalue weighted by molar-refractivity contribution is 5.53. The molecule has 0 bridgehead atoms. The molecule has 0 aliphatic rings. The third-order valence-electron chi connectivity index (χ3n) is 3.12. The fourth-order valence-electron chi connectivity index (χ4n) is 2.00. The van der Waals surface area contributed by atoms with Crippen LogP contribution in [0.4, 0.5) is 5.82 Å². The van der Waals surface area contributed by atoms with Gasteiger partial charge in [-0.05, 0) is 12.1 Å². The Kier molecular flexibility index (Phi) is 4.07. The number of nitrogens with zero attached hydrogens (tertiary/aromatic N) is 4. The molecule has 0 aliphatic heterocycles. The van der Waals surface area contributed by atoms with E-state index in [0.717, 1.165) is 17.2 Å². The normalized spacial score (nSPS) is 10.1. The van der Waals surface area contributed by atoms with E-state index in [4.69, 9.17) is 5.26 Å². The molecule has 22 heavy (non-hydrogen) atoms. The standard InChI is InChI=1S/C16H14N6/c17-10-12-6-7-14(19-11-12)18-9-8-15-20-16(22-21-15)13-4-2-1-3-5-13/h1-7,11H,8-9H2,(H,18,19)(H,20,21,22). The lowest BCUT2D eigenvalue weighted by atomic mass is 10.2. The van der Waals surface area contributed by atoms with Crippen molar-refractivity contribution in [3.63, 3.8) is 0 Å². The van der Waals surface area contributed by atoms with Crippen molar-refractivity contribution in [1.29, 1.82) is 5.26 Å². The number of benzene rings is 1. The third kappa shape index (κ3) is 3.27. The summed E-state index contributed by atoms with van der Waals surface area (Å²) in [6, 6.07) is 15.4. The maximum atomic E-state index is 8.72. The molecule has 0 aliphatic carbocycles. The van der Waals surface area contributed by atoms with Crippen molar-refractivity contribution in [1.82, 2.24) is 20.2 Å². The lowest BCUT2D eigenvalue weighted by Crippen LogP contribution is -2.07. The zero-order valence-corrected chi connectivity index (χ0v) is 11.8. The Morgan fingerprint density at radius 3 is 2.73 bits per heavy atom. The van der Waals surface area contributed by atoms with Gasteiger partial charge in [0, 0.05) is 24.7 Å². The number of anilines is 1. The molecule has 0 unspecified atom stereocenters. The summed E-state index contributed by atoms with van der Waals surface area (Å²) in [4.78, 5) is 8.62. The SMILES string of the molecule is N#Cc1ccc(NCCc2nc(-c3ccccc3)n[nH]2)nc1.